The van der Waals surface area contributed by atoms with Crippen molar-refractivity contribution in [2.75, 3.05) is 18.0 Å². The molecule has 0 amide bonds. The molecule has 5 nitrogen and oxygen atoms in total. The van der Waals surface area contributed by atoms with Crippen LogP contribution in [-0.4, -0.2) is 24.1 Å². The van der Waals surface area contributed by atoms with Gasteiger partial charge in [0.2, 0.25) is 0 Å². The van der Waals surface area contributed by atoms with Crippen LogP contribution in [0.1, 0.15) is 18.9 Å². The minimum Gasteiger partial charge on any atom is -0.368 e. The van der Waals surface area contributed by atoms with Crippen molar-refractivity contribution in [3.8, 4) is 0 Å². The molecule has 1 aliphatic heterocycles. The van der Waals surface area contributed by atoms with Gasteiger partial charge in [-0.2, -0.15) is 0 Å². The van der Waals surface area contributed by atoms with E-state index >= 15 is 0 Å². The van der Waals surface area contributed by atoms with Crippen LogP contribution in [0.25, 0.3) is 0 Å². The third-order valence-electron chi connectivity index (χ3n) is 3.71. The van der Waals surface area contributed by atoms with Crippen LogP contribution in [0.15, 0.2) is 18.2 Å². The Bertz CT molecular complexity index is 462. The Morgan fingerprint density at radius 3 is 2.83 bits per heavy atom. The number of non-ortho nitro benzene ring substituents is 1. The molecule has 0 bridgehead atoms. The molecule has 0 aliphatic carbocycles. The van der Waals surface area contributed by atoms with Gasteiger partial charge in [-0.05, 0) is 38.3 Å². The van der Waals surface area contributed by atoms with Crippen LogP contribution in [0.5, 0.6) is 0 Å². The van der Waals surface area contributed by atoms with Gasteiger partial charge < -0.3 is 10.6 Å². The normalized spacial score (nSPS) is 23.4. The van der Waals surface area contributed by atoms with Gasteiger partial charge in [-0.15, -0.1) is 0 Å². The van der Waals surface area contributed by atoms with Crippen molar-refractivity contribution < 1.29 is 4.92 Å². The van der Waals surface area contributed by atoms with Gasteiger partial charge in [-0.1, -0.05) is 6.07 Å². The van der Waals surface area contributed by atoms with E-state index in [-0.39, 0.29) is 10.6 Å². The number of benzene rings is 1. The summed E-state index contributed by atoms with van der Waals surface area (Å²) in [6.45, 7) is 5.70. The lowest BCUT2D eigenvalue weighted by molar-refractivity contribution is -0.384. The molecule has 0 aromatic heterocycles. The Kier molecular flexibility index (Phi) is 3.52. The van der Waals surface area contributed by atoms with E-state index in [1.807, 2.05) is 13.0 Å². The summed E-state index contributed by atoms with van der Waals surface area (Å²) in [5.41, 5.74) is 7.91. The van der Waals surface area contributed by atoms with Gasteiger partial charge in [0.05, 0.1) is 4.92 Å². The monoisotopic (exact) mass is 249 g/mol. The number of nitro benzene ring substituents is 1. The number of hydrogen-bond acceptors (Lipinski definition) is 4. The van der Waals surface area contributed by atoms with Gasteiger partial charge >= 0.3 is 0 Å². The van der Waals surface area contributed by atoms with Crippen LogP contribution in [0.4, 0.5) is 11.4 Å². The lowest BCUT2D eigenvalue weighted by Crippen LogP contribution is -2.28. The summed E-state index contributed by atoms with van der Waals surface area (Å²) in [6, 6.07) is 5.43. The predicted molar refractivity (Wildman–Crippen MR) is 71.8 cm³/mol. The van der Waals surface area contributed by atoms with E-state index < -0.39 is 0 Å². The van der Waals surface area contributed by atoms with E-state index in [0.717, 1.165) is 24.2 Å². The zero-order valence-corrected chi connectivity index (χ0v) is 10.8. The summed E-state index contributed by atoms with van der Waals surface area (Å²) in [5, 5.41) is 10.8. The topological polar surface area (TPSA) is 72.4 Å². The molecule has 98 valence electrons. The highest BCUT2D eigenvalue weighted by molar-refractivity contribution is 5.60. The highest BCUT2D eigenvalue weighted by Gasteiger charge is 2.29. The number of rotatable bonds is 3. The average molecular weight is 249 g/mol. The zero-order valence-electron chi connectivity index (χ0n) is 10.8. The Balaban J connectivity index is 2.32. The Morgan fingerprint density at radius 2 is 2.28 bits per heavy atom. The average Bonchev–Trinajstić information content (AvgIpc) is 2.71. The molecule has 1 fully saturated rings. The molecule has 0 saturated carbocycles. The van der Waals surface area contributed by atoms with E-state index in [2.05, 4.69) is 11.8 Å². The lowest BCUT2D eigenvalue weighted by atomic mass is 10.1. The maximum atomic E-state index is 10.8. The lowest BCUT2D eigenvalue weighted by Gasteiger charge is -2.25. The van der Waals surface area contributed by atoms with Crippen molar-refractivity contribution in [1.29, 1.82) is 0 Å². The van der Waals surface area contributed by atoms with Gasteiger partial charge in [-0.3, -0.25) is 10.1 Å². The largest absolute Gasteiger partial charge is 0.368 e. The summed E-state index contributed by atoms with van der Waals surface area (Å²) in [7, 11) is 0. The van der Waals surface area contributed by atoms with E-state index in [1.165, 1.54) is 0 Å². The Labute approximate surface area is 107 Å². The fourth-order valence-electron chi connectivity index (χ4n) is 2.67. The first-order chi connectivity index (χ1) is 8.52. The summed E-state index contributed by atoms with van der Waals surface area (Å²) >= 11 is 0. The molecule has 1 saturated heterocycles. The van der Waals surface area contributed by atoms with Crippen LogP contribution in [0.3, 0.4) is 0 Å². The van der Waals surface area contributed by atoms with Crippen LogP contribution in [0.2, 0.25) is 0 Å². The van der Waals surface area contributed by atoms with Crippen LogP contribution in [-0.2, 0) is 0 Å². The summed E-state index contributed by atoms with van der Waals surface area (Å²) in [4.78, 5) is 12.7. The minimum atomic E-state index is -0.343. The van der Waals surface area contributed by atoms with E-state index in [9.17, 15) is 10.1 Å². The number of nitrogens with zero attached hydrogens (tertiary/aromatic N) is 2. The van der Waals surface area contributed by atoms with Gasteiger partial charge in [0.15, 0.2) is 0 Å². The number of nitro groups is 1. The fourth-order valence-corrected chi connectivity index (χ4v) is 2.67. The Hall–Kier alpha value is -1.62. The molecule has 0 radical (unpaired) electrons. The zero-order chi connectivity index (χ0) is 13.3. The van der Waals surface area contributed by atoms with Gasteiger partial charge in [0.25, 0.3) is 5.69 Å². The molecule has 2 N–H and O–H groups in total. The first-order valence-corrected chi connectivity index (χ1v) is 6.24. The van der Waals surface area contributed by atoms with Crippen molar-refractivity contribution >= 4 is 11.4 Å². The maximum absolute atomic E-state index is 10.8. The second-order valence-corrected chi connectivity index (χ2v) is 5.07. The second kappa shape index (κ2) is 4.94. The summed E-state index contributed by atoms with van der Waals surface area (Å²) in [6.07, 6.45) is 1.05. The smallest absolute Gasteiger partial charge is 0.271 e. The standard InChI is InChI=1S/C13H19N3O2/c1-9-3-4-12(16(17)18)6-13(9)15-8-11(7-14)5-10(15)2/h3-4,6,10-11H,5,7-8,14H2,1-2H3. The SMILES string of the molecule is Cc1ccc([N+](=O)[O-])cc1N1CC(CN)CC1C. The number of anilines is 1. The second-order valence-electron chi connectivity index (χ2n) is 5.07. The molecule has 1 heterocycles. The highest BCUT2D eigenvalue weighted by atomic mass is 16.6. The third-order valence-corrected chi connectivity index (χ3v) is 3.71. The molecule has 5 heteroatoms. The van der Waals surface area contributed by atoms with Gasteiger partial charge in [0.1, 0.15) is 0 Å². The molecule has 2 unspecified atom stereocenters. The maximum Gasteiger partial charge on any atom is 0.271 e. The van der Waals surface area contributed by atoms with Crippen LogP contribution in [0, 0.1) is 23.0 Å². The summed E-state index contributed by atoms with van der Waals surface area (Å²) in [5.74, 6) is 0.485. The van der Waals surface area contributed by atoms with Gasteiger partial charge in [0, 0.05) is 30.4 Å². The molecule has 18 heavy (non-hydrogen) atoms. The quantitative estimate of drug-likeness (QED) is 0.657. The fraction of sp³-hybridized carbons (Fsp3) is 0.538. The first-order valence-electron chi connectivity index (χ1n) is 6.24. The highest BCUT2D eigenvalue weighted by Crippen LogP contribution is 2.33. The molecule has 1 aliphatic rings. The molecular formula is C13H19N3O2. The van der Waals surface area contributed by atoms with Crippen molar-refractivity contribution in [2.24, 2.45) is 11.7 Å². The van der Waals surface area contributed by atoms with Crippen molar-refractivity contribution in [1.82, 2.24) is 0 Å². The molecule has 0 spiro atoms. The van der Waals surface area contributed by atoms with E-state index in [0.29, 0.717) is 18.5 Å². The molecular weight excluding hydrogens is 230 g/mol. The predicted octanol–water partition coefficient (Wildman–Crippen LogP) is 2.08. The minimum absolute atomic E-state index is 0.152. The van der Waals surface area contributed by atoms with Crippen LogP contribution >= 0.6 is 0 Å². The van der Waals surface area contributed by atoms with Gasteiger partial charge in [-0.25, -0.2) is 0 Å². The van der Waals surface area contributed by atoms with E-state index in [4.69, 9.17) is 5.73 Å². The number of aryl methyl sites for hydroxylation is 1. The van der Waals surface area contributed by atoms with Crippen LogP contribution < -0.4 is 10.6 Å². The molecule has 2 atom stereocenters. The van der Waals surface area contributed by atoms with Crippen molar-refractivity contribution in [2.45, 2.75) is 26.3 Å². The Morgan fingerprint density at radius 1 is 1.56 bits per heavy atom. The molecule has 1 aromatic carbocycles. The third kappa shape index (κ3) is 2.31. The number of nitrogens with two attached hydrogens (primary N) is 1. The van der Waals surface area contributed by atoms with E-state index in [1.54, 1.807) is 12.1 Å². The molecule has 1 aromatic rings. The van der Waals surface area contributed by atoms with Crippen molar-refractivity contribution in [3.05, 3.63) is 33.9 Å². The first kappa shape index (κ1) is 12.8. The molecule has 2 rings (SSSR count). The van der Waals surface area contributed by atoms with Crippen molar-refractivity contribution in [3.63, 3.8) is 0 Å². The summed E-state index contributed by atoms with van der Waals surface area (Å²) < 4.78 is 0. The number of hydrogen-bond donors (Lipinski definition) is 1.